The van der Waals surface area contributed by atoms with Gasteiger partial charge in [0.1, 0.15) is 0 Å². The number of sulfone groups is 1. The molecule has 1 heterocycles. The maximum Gasteiger partial charge on any atom is 0.191 e. The topological polar surface area (TPSA) is 73.8 Å². The Morgan fingerprint density at radius 2 is 2.05 bits per heavy atom. The maximum atomic E-state index is 11.5. The minimum absolute atomic E-state index is 0.00932. The van der Waals surface area contributed by atoms with E-state index in [4.69, 9.17) is 0 Å². The monoisotopic (exact) mass is 302 g/mol. The first-order chi connectivity index (χ1) is 9.41. The van der Waals surface area contributed by atoms with Crippen molar-refractivity contribution in [2.75, 3.05) is 39.2 Å². The molecule has 2 N–H and O–H groups in total. The van der Waals surface area contributed by atoms with Crippen molar-refractivity contribution in [2.24, 2.45) is 10.9 Å². The molecule has 0 aromatic heterocycles. The standard InChI is InChI=1S/C13H26N4O2S/c1-14-13(16-11-6-7-20(18,19)9-11)15-8-12(17(2)3)10-4-5-10/h10-12H,4-9H2,1-3H3,(H2,14,15,16). The second-order valence-corrected chi connectivity index (χ2v) is 8.29. The lowest BCUT2D eigenvalue weighted by atomic mass is 10.1. The summed E-state index contributed by atoms with van der Waals surface area (Å²) in [7, 11) is 3.08. The van der Waals surface area contributed by atoms with Gasteiger partial charge < -0.3 is 15.5 Å². The van der Waals surface area contributed by atoms with E-state index in [1.807, 2.05) is 0 Å². The minimum atomic E-state index is -2.85. The van der Waals surface area contributed by atoms with E-state index in [0.29, 0.717) is 18.4 Å². The highest BCUT2D eigenvalue weighted by Crippen LogP contribution is 2.34. The molecule has 1 aliphatic heterocycles. The Morgan fingerprint density at radius 3 is 2.50 bits per heavy atom. The van der Waals surface area contributed by atoms with Crippen LogP contribution in [0.1, 0.15) is 19.3 Å². The van der Waals surface area contributed by atoms with Gasteiger partial charge in [-0.1, -0.05) is 0 Å². The van der Waals surface area contributed by atoms with Gasteiger partial charge in [0.15, 0.2) is 15.8 Å². The highest BCUT2D eigenvalue weighted by atomic mass is 32.2. The molecule has 2 atom stereocenters. The Hall–Kier alpha value is -0.820. The molecular formula is C13H26N4O2S. The van der Waals surface area contributed by atoms with E-state index < -0.39 is 9.84 Å². The first-order valence-corrected chi connectivity index (χ1v) is 9.07. The molecule has 1 saturated heterocycles. The fraction of sp³-hybridized carbons (Fsp3) is 0.923. The summed E-state index contributed by atoms with van der Waals surface area (Å²) in [6, 6.07) is 0.505. The first kappa shape index (κ1) is 15.6. The summed E-state index contributed by atoms with van der Waals surface area (Å²) >= 11 is 0. The van der Waals surface area contributed by atoms with Crippen molar-refractivity contribution in [2.45, 2.75) is 31.3 Å². The zero-order chi connectivity index (χ0) is 14.8. The van der Waals surface area contributed by atoms with E-state index in [9.17, 15) is 8.42 Å². The lowest BCUT2D eigenvalue weighted by Gasteiger charge is -2.26. The third-order valence-corrected chi connectivity index (χ3v) is 5.87. The Morgan fingerprint density at radius 1 is 1.35 bits per heavy atom. The molecule has 0 radical (unpaired) electrons. The summed E-state index contributed by atoms with van der Waals surface area (Å²) in [4.78, 5) is 6.44. The maximum absolute atomic E-state index is 11.5. The van der Waals surface area contributed by atoms with Crippen LogP contribution in [0, 0.1) is 5.92 Å². The Kier molecular flexibility index (Phi) is 4.90. The summed E-state index contributed by atoms with van der Waals surface area (Å²) in [6.45, 7) is 0.844. The number of hydrogen-bond donors (Lipinski definition) is 2. The van der Waals surface area contributed by atoms with Gasteiger partial charge in [-0.15, -0.1) is 0 Å². The summed E-state index contributed by atoms with van der Waals surface area (Å²) < 4.78 is 22.9. The molecule has 0 spiro atoms. The van der Waals surface area contributed by atoms with Gasteiger partial charge in [-0.25, -0.2) is 8.42 Å². The molecule has 1 aliphatic carbocycles. The normalized spacial score (nSPS) is 27.6. The lowest BCUT2D eigenvalue weighted by Crippen LogP contribution is -2.48. The SMILES string of the molecule is CN=C(NCC(C1CC1)N(C)C)NC1CCS(=O)(=O)C1. The Labute approximate surface area is 121 Å². The van der Waals surface area contributed by atoms with Gasteiger partial charge in [0, 0.05) is 25.7 Å². The zero-order valence-corrected chi connectivity index (χ0v) is 13.4. The fourth-order valence-electron chi connectivity index (χ4n) is 2.75. The highest BCUT2D eigenvalue weighted by Gasteiger charge is 2.33. The van der Waals surface area contributed by atoms with E-state index in [1.165, 1.54) is 12.8 Å². The van der Waals surface area contributed by atoms with Crippen LogP contribution >= 0.6 is 0 Å². The van der Waals surface area contributed by atoms with Crippen LogP contribution in [0.2, 0.25) is 0 Å². The largest absolute Gasteiger partial charge is 0.355 e. The molecule has 0 aromatic rings. The first-order valence-electron chi connectivity index (χ1n) is 7.25. The van der Waals surface area contributed by atoms with Gasteiger partial charge in [-0.2, -0.15) is 0 Å². The van der Waals surface area contributed by atoms with Crippen LogP contribution in [0.15, 0.2) is 4.99 Å². The molecule has 2 aliphatic rings. The summed E-state index contributed by atoms with van der Waals surface area (Å²) in [5.74, 6) is 1.99. The molecular weight excluding hydrogens is 276 g/mol. The van der Waals surface area contributed by atoms with Gasteiger partial charge >= 0.3 is 0 Å². The molecule has 6 nitrogen and oxygen atoms in total. The molecule has 2 fully saturated rings. The Balaban J connectivity index is 1.81. The third kappa shape index (κ3) is 4.34. The van der Waals surface area contributed by atoms with Crippen LogP contribution in [0.25, 0.3) is 0 Å². The van der Waals surface area contributed by atoms with Crippen molar-refractivity contribution >= 4 is 15.8 Å². The lowest BCUT2D eigenvalue weighted by molar-refractivity contribution is 0.264. The quantitative estimate of drug-likeness (QED) is 0.538. The van der Waals surface area contributed by atoms with Crippen LogP contribution in [0.5, 0.6) is 0 Å². The second-order valence-electron chi connectivity index (χ2n) is 6.07. The molecule has 2 unspecified atom stereocenters. The highest BCUT2D eigenvalue weighted by molar-refractivity contribution is 7.91. The van der Waals surface area contributed by atoms with Gasteiger partial charge in [-0.05, 0) is 39.3 Å². The van der Waals surface area contributed by atoms with Gasteiger partial charge in [0.2, 0.25) is 0 Å². The van der Waals surface area contributed by atoms with Gasteiger partial charge in [0.25, 0.3) is 0 Å². The molecule has 116 valence electrons. The van der Waals surface area contributed by atoms with Crippen LogP contribution in [0.4, 0.5) is 0 Å². The van der Waals surface area contributed by atoms with Crippen LogP contribution in [-0.2, 0) is 9.84 Å². The van der Waals surface area contributed by atoms with Crippen LogP contribution in [0.3, 0.4) is 0 Å². The average molecular weight is 302 g/mol. The minimum Gasteiger partial charge on any atom is -0.355 e. The van der Waals surface area contributed by atoms with Crippen molar-refractivity contribution in [1.82, 2.24) is 15.5 Å². The molecule has 0 aromatic carbocycles. The summed E-state index contributed by atoms with van der Waals surface area (Å²) in [6.07, 6.45) is 3.28. The Bertz CT molecular complexity index is 455. The van der Waals surface area contributed by atoms with Crippen molar-refractivity contribution in [3.8, 4) is 0 Å². The number of rotatable bonds is 5. The smallest absolute Gasteiger partial charge is 0.191 e. The molecule has 7 heteroatoms. The molecule has 1 saturated carbocycles. The van der Waals surface area contributed by atoms with Crippen molar-refractivity contribution in [3.63, 3.8) is 0 Å². The van der Waals surface area contributed by atoms with Crippen LogP contribution < -0.4 is 10.6 Å². The van der Waals surface area contributed by atoms with E-state index >= 15 is 0 Å². The molecule has 0 amide bonds. The number of nitrogens with zero attached hydrogens (tertiary/aromatic N) is 2. The predicted octanol–water partition coefficient (Wildman–Crippen LogP) is -0.321. The number of guanidine groups is 1. The molecule has 0 bridgehead atoms. The van der Waals surface area contributed by atoms with Gasteiger partial charge in [0.05, 0.1) is 11.5 Å². The fourth-order valence-corrected chi connectivity index (χ4v) is 4.42. The number of aliphatic imine (C=N–C) groups is 1. The van der Waals surface area contributed by atoms with Gasteiger partial charge in [-0.3, -0.25) is 4.99 Å². The zero-order valence-electron chi connectivity index (χ0n) is 12.6. The van der Waals surface area contributed by atoms with E-state index in [-0.39, 0.29) is 17.5 Å². The van der Waals surface area contributed by atoms with E-state index in [0.717, 1.165) is 12.5 Å². The van der Waals surface area contributed by atoms with Crippen molar-refractivity contribution < 1.29 is 8.42 Å². The predicted molar refractivity (Wildman–Crippen MR) is 81.8 cm³/mol. The average Bonchev–Trinajstić information content (AvgIpc) is 3.13. The third-order valence-electron chi connectivity index (χ3n) is 4.10. The molecule has 2 rings (SSSR count). The van der Waals surface area contributed by atoms with E-state index in [1.54, 1.807) is 7.05 Å². The van der Waals surface area contributed by atoms with E-state index in [2.05, 4.69) is 34.6 Å². The summed E-state index contributed by atoms with van der Waals surface area (Å²) in [5.41, 5.74) is 0. The van der Waals surface area contributed by atoms with Crippen LogP contribution in [-0.4, -0.2) is 70.6 Å². The van der Waals surface area contributed by atoms with Crippen molar-refractivity contribution in [1.29, 1.82) is 0 Å². The number of likely N-dealkylation sites (N-methyl/N-ethyl adjacent to an activating group) is 1. The molecule has 20 heavy (non-hydrogen) atoms. The number of hydrogen-bond acceptors (Lipinski definition) is 4. The number of nitrogens with one attached hydrogen (secondary N) is 2. The van der Waals surface area contributed by atoms with Crippen molar-refractivity contribution in [3.05, 3.63) is 0 Å². The second kappa shape index (κ2) is 6.30. The summed E-state index contributed by atoms with van der Waals surface area (Å²) in [5, 5.41) is 6.54.